The highest BCUT2D eigenvalue weighted by molar-refractivity contribution is 6.34. The maximum Gasteiger partial charge on any atom is 0.321 e. The first-order chi connectivity index (χ1) is 11.4. The van der Waals surface area contributed by atoms with Crippen molar-refractivity contribution >= 4 is 29.2 Å². The third kappa shape index (κ3) is 2.52. The minimum atomic E-state index is -0.357. The van der Waals surface area contributed by atoms with E-state index in [1.54, 1.807) is 56.6 Å². The van der Waals surface area contributed by atoms with Crippen LogP contribution in [0.2, 0.25) is 0 Å². The Morgan fingerprint density at radius 3 is 2.12 bits per heavy atom. The quantitative estimate of drug-likeness (QED) is 0.864. The van der Waals surface area contributed by atoms with E-state index in [1.807, 2.05) is 6.92 Å². The second-order valence-electron chi connectivity index (χ2n) is 5.82. The third-order valence-electron chi connectivity index (χ3n) is 3.92. The zero-order valence-corrected chi connectivity index (χ0v) is 13.7. The van der Waals surface area contributed by atoms with E-state index >= 15 is 0 Å². The van der Waals surface area contributed by atoms with Gasteiger partial charge in [-0.25, -0.2) is 9.69 Å². The van der Waals surface area contributed by atoms with E-state index in [9.17, 15) is 14.4 Å². The maximum atomic E-state index is 12.5. The van der Waals surface area contributed by atoms with Gasteiger partial charge in [0.2, 0.25) is 0 Å². The second-order valence-corrected chi connectivity index (χ2v) is 5.82. The molecule has 4 amide bonds. The molecule has 0 saturated carbocycles. The summed E-state index contributed by atoms with van der Waals surface area (Å²) in [4.78, 5) is 39.5. The van der Waals surface area contributed by atoms with Crippen molar-refractivity contribution in [1.82, 2.24) is 4.90 Å². The van der Waals surface area contributed by atoms with Crippen molar-refractivity contribution in [3.05, 3.63) is 59.2 Å². The minimum absolute atomic E-state index is 0.280. The molecule has 0 fully saturated rings. The maximum absolute atomic E-state index is 12.5. The molecule has 2 aromatic carbocycles. The van der Waals surface area contributed by atoms with Crippen LogP contribution in [0.5, 0.6) is 0 Å². The smallest absolute Gasteiger partial charge is 0.321 e. The largest absolute Gasteiger partial charge is 0.331 e. The number of urea groups is 1. The Labute approximate surface area is 139 Å². The average molecular weight is 323 g/mol. The van der Waals surface area contributed by atoms with E-state index in [-0.39, 0.29) is 17.8 Å². The van der Waals surface area contributed by atoms with E-state index in [0.717, 1.165) is 10.5 Å². The SMILES string of the molecule is Cc1ccc(N2C(=O)c3ccccc3C2=O)cc1NC(=O)N(C)C. The second kappa shape index (κ2) is 5.81. The first-order valence-electron chi connectivity index (χ1n) is 7.47. The van der Waals surface area contributed by atoms with Crippen LogP contribution >= 0.6 is 0 Å². The molecule has 6 nitrogen and oxygen atoms in total. The van der Waals surface area contributed by atoms with Crippen LogP contribution in [0.15, 0.2) is 42.5 Å². The van der Waals surface area contributed by atoms with Gasteiger partial charge >= 0.3 is 6.03 Å². The average Bonchev–Trinajstić information content (AvgIpc) is 2.81. The summed E-state index contributed by atoms with van der Waals surface area (Å²) >= 11 is 0. The highest BCUT2D eigenvalue weighted by Crippen LogP contribution is 2.31. The number of nitrogens with one attached hydrogen (secondary N) is 1. The summed E-state index contributed by atoms with van der Waals surface area (Å²) < 4.78 is 0. The van der Waals surface area contributed by atoms with Crippen molar-refractivity contribution < 1.29 is 14.4 Å². The molecule has 0 saturated heterocycles. The fraction of sp³-hybridized carbons (Fsp3) is 0.167. The molecule has 6 heteroatoms. The van der Waals surface area contributed by atoms with E-state index in [0.29, 0.717) is 22.5 Å². The molecule has 0 radical (unpaired) electrons. The van der Waals surface area contributed by atoms with Crippen molar-refractivity contribution in [2.24, 2.45) is 0 Å². The Balaban J connectivity index is 1.98. The van der Waals surface area contributed by atoms with Crippen molar-refractivity contribution in [1.29, 1.82) is 0 Å². The molecule has 24 heavy (non-hydrogen) atoms. The normalized spacial score (nSPS) is 13.0. The summed E-state index contributed by atoms with van der Waals surface area (Å²) in [5.41, 5.74) is 2.61. The molecule has 2 aromatic rings. The van der Waals surface area contributed by atoms with E-state index in [2.05, 4.69) is 5.32 Å². The number of imide groups is 1. The van der Waals surface area contributed by atoms with Gasteiger partial charge in [-0.05, 0) is 36.8 Å². The van der Waals surface area contributed by atoms with Gasteiger partial charge in [-0.2, -0.15) is 0 Å². The van der Waals surface area contributed by atoms with Gasteiger partial charge in [-0.3, -0.25) is 9.59 Å². The number of rotatable bonds is 2. The Morgan fingerprint density at radius 1 is 1.00 bits per heavy atom. The molecule has 0 bridgehead atoms. The van der Waals surface area contributed by atoms with E-state index in [1.165, 1.54) is 4.90 Å². The minimum Gasteiger partial charge on any atom is -0.331 e. The number of hydrogen-bond acceptors (Lipinski definition) is 3. The first-order valence-corrected chi connectivity index (χ1v) is 7.47. The molecule has 0 spiro atoms. The number of carbonyl (C=O) groups excluding carboxylic acids is 3. The highest BCUT2D eigenvalue weighted by Gasteiger charge is 2.36. The lowest BCUT2D eigenvalue weighted by Gasteiger charge is -2.18. The van der Waals surface area contributed by atoms with Gasteiger partial charge in [0.05, 0.1) is 16.8 Å². The van der Waals surface area contributed by atoms with Crippen LogP contribution in [0.1, 0.15) is 26.3 Å². The third-order valence-corrected chi connectivity index (χ3v) is 3.92. The molecule has 0 aliphatic carbocycles. The number of amides is 4. The summed E-state index contributed by atoms with van der Waals surface area (Å²) in [5, 5.41) is 2.76. The van der Waals surface area contributed by atoms with Crippen molar-refractivity contribution in [2.45, 2.75) is 6.92 Å². The van der Waals surface area contributed by atoms with Crippen LogP contribution in [0, 0.1) is 6.92 Å². The summed E-state index contributed by atoms with van der Waals surface area (Å²) in [6.45, 7) is 1.84. The van der Waals surface area contributed by atoms with Crippen molar-refractivity contribution in [2.75, 3.05) is 24.3 Å². The van der Waals surface area contributed by atoms with Crippen LogP contribution in [0.4, 0.5) is 16.2 Å². The summed E-state index contributed by atoms with van der Waals surface area (Å²) in [6.07, 6.45) is 0. The number of benzene rings is 2. The molecular formula is C18H17N3O3. The molecular weight excluding hydrogens is 306 g/mol. The molecule has 0 unspecified atom stereocenters. The summed E-state index contributed by atoms with van der Waals surface area (Å²) in [7, 11) is 3.28. The lowest BCUT2D eigenvalue weighted by Crippen LogP contribution is -2.30. The van der Waals surface area contributed by atoms with Crippen LogP contribution in [-0.4, -0.2) is 36.8 Å². The monoisotopic (exact) mass is 323 g/mol. The van der Waals surface area contributed by atoms with Gasteiger partial charge in [0.15, 0.2) is 0 Å². The number of fused-ring (bicyclic) bond motifs is 1. The van der Waals surface area contributed by atoms with Gasteiger partial charge in [0.25, 0.3) is 11.8 Å². The number of hydrogen-bond donors (Lipinski definition) is 1. The van der Waals surface area contributed by atoms with Crippen LogP contribution < -0.4 is 10.2 Å². The van der Waals surface area contributed by atoms with Gasteiger partial charge in [-0.1, -0.05) is 18.2 Å². The molecule has 1 aliphatic rings. The standard InChI is InChI=1S/C18H17N3O3/c1-11-8-9-12(10-15(11)19-18(24)20(2)3)21-16(22)13-6-4-5-7-14(13)17(21)23/h4-10H,1-3H3,(H,19,24). The number of nitrogens with zero attached hydrogens (tertiary/aromatic N) is 2. The van der Waals surface area contributed by atoms with Crippen LogP contribution in [0.25, 0.3) is 0 Å². The Kier molecular flexibility index (Phi) is 3.81. The molecule has 1 aliphatic heterocycles. The van der Waals surface area contributed by atoms with Crippen molar-refractivity contribution in [3.63, 3.8) is 0 Å². The first kappa shape index (κ1) is 15.7. The molecule has 122 valence electrons. The van der Waals surface area contributed by atoms with Gasteiger partial charge < -0.3 is 10.2 Å². The van der Waals surface area contributed by atoms with Gasteiger partial charge in [0, 0.05) is 19.8 Å². The number of aryl methyl sites for hydroxylation is 1. The Morgan fingerprint density at radius 2 is 1.58 bits per heavy atom. The fourth-order valence-electron chi connectivity index (χ4n) is 2.53. The fourth-order valence-corrected chi connectivity index (χ4v) is 2.53. The Hall–Kier alpha value is -3.15. The lowest BCUT2D eigenvalue weighted by atomic mass is 10.1. The Bertz CT molecular complexity index is 823. The van der Waals surface area contributed by atoms with Crippen LogP contribution in [-0.2, 0) is 0 Å². The van der Waals surface area contributed by atoms with E-state index in [4.69, 9.17) is 0 Å². The molecule has 1 heterocycles. The predicted octanol–water partition coefficient (Wildman–Crippen LogP) is 2.89. The van der Waals surface area contributed by atoms with Crippen LogP contribution in [0.3, 0.4) is 0 Å². The molecule has 3 rings (SSSR count). The van der Waals surface area contributed by atoms with Gasteiger partial charge in [-0.15, -0.1) is 0 Å². The summed E-state index contributed by atoms with van der Waals surface area (Å²) in [5.74, 6) is -0.714. The zero-order valence-electron chi connectivity index (χ0n) is 13.7. The van der Waals surface area contributed by atoms with E-state index < -0.39 is 0 Å². The molecule has 1 N–H and O–H groups in total. The lowest BCUT2D eigenvalue weighted by molar-refractivity contribution is 0.0926. The zero-order chi connectivity index (χ0) is 17.4. The summed E-state index contributed by atoms with van der Waals surface area (Å²) in [6, 6.07) is 11.6. The van der Waals surface area contributed by atoms with Gasteiger partial charge in [0.1, 0.15) is 0 Å². The predicted molar refractivity (Wildman–Crippen MR) is 91.5 cm³/mol. The molecule has 0 atom stereocenters. The number of anilines is 2. The molecule has 0 aromatic heterocycles. The van der Waals surface area contributed by atoms with Crippen molar-refractivity contribution in [3.8, 4) is 0 Å². The number of carbonyl (C=O) groups is 3. The highest BCUT2D eigenvalue weighted by atomic mass is 16.2. The topological polar surface area (TPSA) is 69.7 Å².